The Kier molecular flexibility index (Phi) is 15.9. The molecular formula is C7H18O4Si. The van der Waals surface area contributed by atoms with Gasteiger partial charge < -0.3 is 18.1 Å². The molecule has 12 heavy (non-hydrogen) atoms. The first-order valence-corrected chi connectivity index (χ1v) is 5.20. The Bertz CT molecular complexity index is 80.0. The molecule has 0 rings (SSSR count). The van der Waals surface area contributed by atoms with Crippen molar-refractivity contribution in [1.82, 2.24) is 0 Å². The highest BCUT2D eigenvalue weighted by molar-refractivity contribution is 6.36. The molecule has 0 heterocycles. The van der Waals surface area contributed by atoms with Gasteiger partial charge in [0.25, 0.3) is 0 Å². The van der Waals surface area contributed by atoms with E-state index in [-0.39, 0.29) is 0 Å². The topological polar surface area (TPSA) is 44.8 Å². The molecule has 0 saturated carbocycles. The molecule has 0 N–H and O–H groups in total. The first-order chi connectivity index (χ1) is 5.76. The quantitative estimate of drug-likeness (QED) is 0.475. The second kappa shape index (κ2) is 13.4. The van der Waals surface area contributed by atoms with Crippen molar-refractivity contribution in [3.63, 3.8) is 0 Å². The summed E-state index contributed by atoms with van der Waals surface area (Å²) in [6.07, 6.45) is 2.61. The van der Waals surface area contributed by atoms with E-state index in [0.29, 0.717) is 6.42 Å². The van der Waals surface area contributed by atoms with Crippen LogP contribution in [-0.2, 0) is 18.1 Å². The number of carbonyl (C=O) groups excluding carboxylic acids is 1. The summed E-state index contributed by atoms with van der Waals surface area (Å²) in [5.74, 6) is 0. The van der Waals surface area contributed by atoms with E-state index in [1.807, 2.05) is 6.92 Å². The fourth-order valence-corrected chi connectivity index (χ4v) is 0.984. The van der Waals surface area contributed by atoms with Crippen molar-refractivity contribution in [3.05, 3.63) is 0 Å². The summed E-state index contributed by atoms with van der Waals surface area (Å²) in [7, 11) is 3.05. The molecule has 0 aromatic heterocycles. The minimum absolute atomic E-state index is 0.708. The molecule has 0 atom stereocenters. The van der Waals surface area contributed by atoms with E-state index >= 15 is 0 Å². The first kappa shape index (κ1) is 14.3. The van der Waals surface area contributed by atoms with Crippen LogP contribution in [0.4, 0.5) is 0 Å². The maximum Gasteiger partial charge on any atom is 0.483 e. The van der Waals surface area contributed by atoms with Gasteiger partial charge in [0.15, 0.2) is 0 Å². The third kappa shape index (κ3) is 12.4. The fourth-order valence-electron chi connectivity index (χ4n) is 0.407. The van der Waals surface area contributed by atoms with Gasteiger partial charge in [0, 0.05) is 27.8 Å². The van der Waals surface area contributed by atoms with Gasteiger partial charge in [0.1, 0.15) is 6.29 Å². The van der Waals surface area contributed by atoms with Crippen LogP contribution in [0.3, 0.4) is 0 Å². The Morgan fingerprint density at radius 2 is 1.58 bits per heavy atom. The van der Waals surface area contributed by atoms with Crippen molar-refractivity contribution >= 4 is 15.8 Å². The van der Waals surface area contributed by atoms with E-state index in [2.05, 4.69) is 0 Å². The normalized spacial score (nSPS) is 9.08. The van der Waals surface area contributed by atoms with Gasteiger partial charge >= 0.3 is 9.53 Å². The molecule has 0 unspecified atom stereocenters. The number of rotatable bonds is 5. The molecule has 5 heteroatoms. The van der Waals surface area contributed by atoms with E-state index in [4.69, 9.17) is 13.3 Å². The lowest BCUT2D eigenvalue weighted by molar-refractivity contribution is -0.107. The highest BCUT2D eigenvalue weighted by Gasteiger charge is 2.04. The van der Waals surface area contributed by atoms with Crippen molar-refractivity contribution < 1.29 is 18.1 Å². The lowest BCUT2D eigenvalue weighted by atomic mass is 10.4. The lowest BCUT2D eigenvalue weighted by Gasteiger charge is -2.05. The minimum atomic E-state index is -1.67. The zero-order valence-corrected chi connectivity index (χ0v) is 9.36. The third-order valence-corrected chi connectivity index (χ3v) is 2.14. The van der Waals surface area contributed by atoms with Crippen LogP contribution in [-0.4, -0.2) is 37.1 Å². The molecule has 0 aliphatic heterocycles. The summed E-state index contributed by atoms with van der Waals surface area (Å²) in [5.41, 5.74) is 0. The number of hydrogen-bond donors (Lipinski definition) is 0. The Morgan fingerprint density at radius 1 is 1.17 bits per heavy atom. The molecule has 0 amide bonds. The predicted molar refractivity (Wildman–Crippen MR) is 49.1 cm³/mol. The molecular weight excluding hydrogens is 176 g/mol. The fraction of sp³-hybridized carbons (Fsp3) is 0.857. The van der Waals surface area contributed by atoms with Crippen molar-refractivity contribution in [1.29, 1.82) is 0 Å². The predicted octanol–water partition coefficient (Wildman–Crippen LogP) is 0.628. The summed E-state index contributed by atoms with van der Waals surface area (Å²) >= 11 is 0. The van der Waals surface area contributed by atoms with E-state index < -0.39 is 9.53 Å². The Balaban J connectivity index is 0. The Labute approximate surface area is 75.8 Å². The maximum absolute atomic E-state index is 9.40. The highest BCUT2D eigenvalue weighted by atomic mass is 28.3. The van der Waals surface area contributed by atoms with Crippen LogP contribution in [0.1, 0.15) is 19.8 Å². The van der Waals surface area contributed by atoms with Crippen LogP contribution >= 0.6 is 0 Å². The first-order valence-electron chi connectivity index (χ1n) is 3.78. The number of aldehydes is 1. The van der Waals surface area contributed by atoms with E-state index in [1.54, 1.807) is 21.3 Å². The maximum atomic E-state index is 9.40. The van der Waals surface area contributed by atoms with Crippen LogP contribution in [0.15, 0.2) is 0 Å². The van der Waals surface area contributed by atoms with Gasteiger partial charge in [-0.15, -0.1) is 0 Å². The molecule has 0 aliphatic carbocycles. The highest BCUT2D eigenvalue weighted by Crippen LogP contribution is 1.81. The van der Waals surface area contributed by atoms with Gasteiger partial charge in [0.2, 0.25) is 0 Å². The van der Waals surface area contributed by atoms with Gasteiger partial charge in [-0.2, -0.15) is 0 Å². The average molecular weight is 194 g/mol. The molecule has 0 saturated heterocycles. The molecule has 0 bridgehead atoms. The molecule has 74 valence electrons. The molecule has 4 nitrogen and oxygen atoms in total. The summed E-state index contributed by atoms with van der Waals surface area (Å²) in [4.78, 5) is 9.40. The number of carbonyl (C=O) groups is 1. The van der Waals surface area contributed by atoms with Gasteiger partial charge in [0.05, 0.1) is 0 Å². The second-order valence-electron chi connectivity index (χ2n) is 1.95. The van der Waals surface area contributed by atoms with E-state index in [0.717, 1.165) is 12.7 Å². The van der Waals surface area contributed by atoms with Crippen LogP contribution < -0.4 is 0 Å². The van der Waals surface area contributed by atoms with Gasteiger partial charge in [-0.3, -0.25) is 0 Å². The molecule has 0 fully saturated rings. The monoisotopic (exact) mass is 194 g/mol. The SMILES string of the molecule is CCCC=O.CO[SiH](OC)OC. The molecule has 0 aromatic carbocycles. The number of unbranched alkanes of at least 4 members (excludes halogenated alkanes) is 1. The van der Waals surface area contributed by atoms with Crippen molar-refractivity contribution in [3.8, 4) is 0 Å². The van der Waals surface area contributed by atoms with E-state index in [9.17, 15) is 4.79 Å². The molecule has 0 aliphatic rings. The summed E-state index contributed by atoms with van der Waals surface area (Å²) in [6, 6.07) is 0. The Morgan fingerprint density at radius 3 is 1.58 bits per heavy atom. The van der Waals surface area contributed by atoms with Crippen molar-refractivity contribution in [2.45, 2.75) is 19.8 Å². The lowest BCUT2D eigenvalue weighted by Crippen LogP contribution is -2.21. The minimum Gasteiger partial charge on any atom is -0.379 e. The third-order valence-electron chi connectivity index (χ3n) is 0.984. The largest absolute Gasteiger partial charge is 0.483 e. The van der Waals surface area contributed by atoms with Gasteiger partial charge in [-0.1, -0.05) is 6.92 Å². The van der Waals surface area contributed by atoms with Crippen molar-refractivity contribution in [2.24, 2.45) is 0 Å². The Hall–Kier alpha value is -0.233. The van der Waals surface area contributed by atoms with Crippen LogP contribution in [0.2, 0.25) is 0 Å². The zero-order chi connectivity index (χ0) is 9.82. The second-order valence-corrected chi connectivity index (χ2v) is 3.94. The molecule has 0 spiro atoms. The van der Waals surface area contributed by atoms with Gasteiger partial charge in [-0.05, 0) is 6.42 Å². The summed E-state index contributed by atoms with van der Waals surface area (Å²) in [6.45, 7) is 1.98. The van der Waals surface area contributed by atoms with Crippen LogP contribution in [0, 0.1) is 0 Å². The van der Waals surface area contributed by atoms with Crippen molar-refractivity contribution in [2.75, 3.05) is 21.3 Å². The van der Waals surface area contributed by atoms with E-state index in [1.165, 1.54) is 0 Å². The smallest absolute Gasteiger partial charge is 0.379 e. The summed E-state index contributed by atoms with van der Waals surface area (Å²) < 4.78 is 14.2. The van der Waals surface area contributed by atoms with Crippen LogP contribution in [0.5, 0.6) is 0 Å². The average Bonchev–Trinajstić information content (AvgIpc) is 2.10. The molecule has 0 radical (unpaired) electrons. The van der Waals surface area contributed by atoms with Gasteiger partial charge in [-0.25, -0.2) is 0 Å². The standard InChI is InChI=1S/C4H8O.C3H10O3Si/c1-2-3-4-5;1-4-7(5-2)6-3/h4H,2-3H2,1H3;7H,1-3H3. The molecule has 0 aromatic rings. The zero-order valence-electron chi connectivity index (χ0n) is 8.20. The summed E-state index contributed by atoms with van der Waals surface area (Å²) in [5, 5.41) is 0. The van der Waals surface area contributed by atoms with Crippen LogP contribution in [0.25, 0.3) is 0 Å². The number of hydrogen-bond acceptors (Lipinski definition) is 4.